The van der Waals surface area contributed by atoms with Crippen LogP contribution in [0.5, 0.6) is 5.75 Å². The maximum atomic E-state index is 12.9. The van der Waals surface area contributed by atoms with E-state index in [2.05, 4.69) is 21.2 Å². The summed E-state index contributed by atoms with van der Waals surface area (Å²) in [5.41, 5.74) is 1.45. The van der Waals surface area contributed by atoms with Crippen LogP contribution < -0.4 is 15.0 Å². The van der Waals surface area contributed by atoms with Gasteiger partial charge in [-0.05, 0) is 55.8 Å². The van der Waals surface area contributed by atoms with Gasteiger partial charge < -0.3 is 15.0 Å². The third-order valence-electron chi connectivity index (χ3n) is 6.88. The third kappa shape index (κ3) is 7.85. The number of carbonyl (C=O) groups is 1. The number of sulfonamides is 1. The summed E-state index contributed by atoms with van der Waals surface area (Å²) in [6.45, 7) is 12.3. The number of benzene rings is 2. The molecule has 40 heavy (non-hydrogen) atoms. The van der Waals surface area contributed by atoms with Crippen LogP contribution in [0.15, 0.2) is 47.4 Å². The van der Waals surface area contributed by atoms with Gasteiger partial charge in [-0.15, -0.1) is 12.4 Å². The van der Waals surface area contributed by atoms with Crippen LogP contribution in [0.3, 0.4) is 0 Å². The highest BCUT2D eigenvalue weighted by Gasteiger charge is 2.23. The Labute approximate surface area is 248 Å². The summed E-state index contributed by atoms with van der Waals surface area (Å²) in [6.07, 6.45) is 1.75. The van der Waals surface area contributed by atoms with Crippen molar-refractivity contribution in [3.05, 3.63) is 48.0 Å². The number of fused-ring (bicyclic) bond motifs is 1. The van der Waals surface area contributed by atoms with Crippen molar-refractivity contribution in [1.82, 2.24) is 19.5 Å². The standard InChI is InChI=1S/C28H39N5O4S2.ClH/c1-4-7-15-33(5-2)39(35,36)24-11-8-22(9-12-24)27(34)29-14-16-31-17-19-32(20-18-31)28-30-25-13-10-23(37-6-3)21-26(25)38-28;/h8-13,21H,4-7,14-20H2,1-3H3,(H,29,34);1H. The van der Waals surface area contributed by atoms with Crippen LogP contribution in [-0.4, -0.2) is 87.5 Å². The molecule has 1 saturated heterocycles. The molecule has 4 rings (SSSR count). The maximum Gasteiger partial charge on any atom is 0.251 e. The number of ether oxygens (including phenoxy) is 1. The monoisotopic (exact) mass is 609 g/mol. The molecule has 0 aliphatic carbocycles. The number of nitrogens with one attached hydrogen (secondary N) is 1. The van der Waals surface area contributed by atoms with E-state index >= 15 is 0 Å². The number of thiazole rings is 1. The number of nitrogens with zero attached hydrogens (tertiary/aromatic N) is 4. The fourth-order valence-electron chi connectivity index (χ4n) is 4.59. The Morgan fingerprint density at radius 1 is 1.07 bits per heavy atom. The summed E-state index contributed by atoms with van der Waals surface area (Å²) in [5.74, 6) is 0.676. The number of anilines is 1. The minimum atomic E-state index is -3.55. The highest BCUT2D eigenvalue weighted by atomic mass is 35.5. The number of unbranched alkanes of at least 4 members (excludes halogenated alkanes) is 1. The van der Waals surface area contributed by atoms with Gasteiger partial charge in [-0.3, -0.25) is 9.69 Å². The van der Waals surface area contributed by atoms with Gasteiger partial charge in [-0.1, -0.05) is 31.6 Å². The second-order valence-corrected chi connectivity index (χ2v) is 12.5. The van der Waals surface area contributed by atoms with Crippen LogP contribution in [0.1, 0.15) is 44.0 Å². The van der Waals surface area contributed by atoms with Gasteiger partial charge in [0.05, 0.1) is 21.7 Å². The van der Waals surface area contributed by atoms with Crippen LogP contribution in [-0.2, 0) is 10.0 Å². The first-order valence-electron chi connectivity index (χ1n) is 13.7. The maximum absolute atomic E-state index is 12.9. The summed E-state index contributed by atoms with van der Waals surface area (Å²) >= 11 is 1.69. The molecule has 0 saturated carbocycles. The molecular formula is C28H40ClN5O4S2. The first-order chi connectivity index (χ1) is 18.8. The Hall–Kier alpha value is -2.44. The van der Waals surface area contributed by atoms with Gasteiger partial charge in [0.15, 0.2) is 5.13 Å². The van der Waals surface area contributed by atoms with Crippen LogP contribution in [0, 0.1) is 0 Å². The van der Waals surface area contributed by atoms with E-state index in [4.69, 9.17) is 9.72 Å². The summed E-state index contributed by atoms with van der Waals surface area (Å²) in [6, 6.07) is 12.3. The van der Waals surface area contributed by atoms with Crippen molar-refractivity contribution in [2.45, 2.75) is 38.5 Å². The van der Waals surface area contributed by atoms with E-state index in [1.165, 1.54) is 16.4 Å². The lowest BCUT2D eigenvalue weighted by atomic mass is 10.2. The lowest BCUT2D eigenvalue weighted by molar-refractivity contribution is 0.0947. The number of amides is 1. The lowest BCUT2D eigenvalue weighted by Crippen LogP contribution is -2.48. The molecule has 1 aliphatic rings. The van der Waals surface area contributed by atoms with Crippen molar-refractivity contribution in [3.8, 4) is 5.75 Å². The second-order valence-electron chi connectivity index (χ2n) is 9.52. The topological polar surface area (TPSA) is 95.1 Å². The molecule has 0 bridgehead atoms. The Balaban J connectivity index is 0.00000441. The highest BCUT2D eigenvalue weighted by molar-refractivity contribution is 7.89. The van der Waals surface area contributed by atoms with Crippen molar-refractivity contribution in [3.63, 3.8) is 0 Å². The normalized spacial score (nSPS) is 14.3. The number of rotatable bonds is 13. The van der Waals surface area contributed by atoms with Gasteiger partial charge in [-0.25, -0.2) is 13.4 Å². The molecule has 0 spiro atoms. The van der Waals surface area contributed by atoms with Crippen molar-refractivity contribution in [2.75, 3.05) is 63.9 Å². The Morgan fingerprint density at radius 3 is 2.45 bits per heavy atom. The van der Waals surface area contributed by atoms with E-state index in [1.807, 2.05) is 32.9 Å². The minimum absolute atomic E-state index is 0. The molecule has 1 fully saturated rings. The largest absolute Gasteiger partial charge is 0.494 e. The lowest BCUT2D eigenvalue weighted by Gasteiger charge is -2.34. The molecule has 9 nitrogen and oxygen atoms in total. The Bertz CT molecular complexity index is 1340. The molecule has 1 amide bonds. The molecule has 0 unspecified atom stereocenters. The first kappa shape index (κ1) is 32.1. The molecule has 1 N–H and O–H groups in total. The number of hydrogen-bond acceptors (Lipinski definition) is 8. The summed E-state index contributed by atoms with van der Waals surface area (Å²) < 4.78 is 34.0. The van der Waals surface area contributed by atoms with Gasteiger partial charge in [-0.2, -0.15) is 4.31 Å². The zero-order chi connectivity index (χ0) is 27.8. The summed E-state index contributed by atoms with van der Waals surface area (Å²) in [7, 11) is -3.55. The van der Waals surface area contributed by atoms with E-state index in [0.29, 0.717) is 31.8 Å². The molecule has 220 valence electrons. The van der Waals surface area contributed by atoms with E-state index in [0.717, 1.165) is 66.7 Å². The SMILES string of the molecule is CCCCN(CC)S(=O)(=O)c1ccc(C(=O)NCCN2CCN(c3nc4ccc(OCC)cc4s3)CC2)cc1.Cl. The molecular weight excluding hydrogens is 570 g/mol. The number of halogens is 1. The van der Waals surface area contributed by atoms with E-state index in [1.54, 1.807) is 23.5 Å². The molecule has 3 aromatic rings. The summed E-state index contributed by atoms with van der Waals surface area (Å²) in [4.78, 5) is 22.3. The Kier molecular flexibility index (Phi) is 12.0. The number of aromatic nitrogens is 1. The average Bonchev–Trinajstić information content (AvgIpc) is 3.37. The van der Waals surface area contributed by atoms with Gasteiger partial charge in [0.1, 0.15) is 5.75 Å². The van der Waals surface area contributed by atoms with Gasteiger partial charge in [0.2, 0.25) is 10.0 Å². The quantitative estimate of drug-likeness (QED) is 0.305. The molecule has 2 heterocycles. The van der Waals surface area contributed by atoms with Crippen molar-refractivity contribution in [2.24, 2.45) is 0 Å². The number of carbonyl (C=O) groups excluding carboxylic acids is 1. The smallest absolute Gasteiger partial charge is 0.251 e. The van der Waals surface area contributed by atoms with Crippen LogP contribution >= 0.6 is 23.7 Å². The zero-order valence-corrected chi connectivity index (χ0v) is 25.9. The molecule has 2 aromatic carbocycles. The highest BCUT2D eigenvalue weighted by Crippen LogP contribution is 2.32. The van der Waals surface area contributed by atoms with Crippen molar-refractivity contribution >= 4 is 55.0 Å². The molecule has 1 aliphatic heterocycles. The van der Waals surface area contributed by atoms with E-state index in [9.17, 15) is 13.2 Å². The zero-order valence-electron chi connectivity index (χ0n) is 23.5. The third-order valence-corrected chi connectivity index (χ3v) is 9.95. The Morgan fingerprint density at radius 2 is 1.80 bits per heavy atom. The second kappa shape index (κ2) is 15.0. The van der Waals surface area contributed by atoms with Gasteiger partial charge in [0.25, 0.3) is 5.91 Å². The average molecular weight is 610 g/mol. The number of hydrogen-bond donors (Lipinski definition) is 1. The fourth-order valence-corrected chi connectivity index (χ4v) is 7.12. The van der Waals surface area contributed by atoms with Crippen LogP contribution in [0.2, 0.25) is 0 Å². The van der Waals surface area contributed by atoms with Crippen LogP contribution in [0.4, 0.5) is 5.13 Å². The van der Waals surface area contributed by atoms with E-state index in [-0.39, 0.29) is 23.2 Å². The summed E-state index contributed by atoms with van der Waals surface area (Å²) in [5, 5.41) is 4.00. The predicted octanol–water partition coefficient (Wildman–Crippen LogP) is 4.48. The van der Waals surface area contributed by atoms with Crippen molar-refractivity contribution in [1.29, 1.82) is 0 Å². The minimum Gasteiger partial charge on any atom is -0.494 e. The van der Waals surface area contributed by atoms with Crippen molar-refractivity contribution < 1.29 is 17.9 Å². The molecule has 1 aromatic heterocycles. The molecule has 0 radical (unpaired) electrons. The fraction of sp³-hybridized carbons (Fsp3) is 0.500. The van der Waals surface area contributed by atoms with Gasteiger partial charge >= 0.3 is 0 Å². The predicted molar refractivity (Wildman–Crippen MR) is 165 cm³/mol. The van der Waals surface area contributed by atoms with Crippen LogP contribution in [0.25, 0.3) is 10.2 Å². The van der Waals surface area contributed by atoms with E-state index < -0.39 is 10.0 Å². The molecule has 0 atom stereocenters. The first-order valence-corrected chi connectivity index (χ1v) is 16.0. The number of piperazine rings is 1. The van der Waals surface area contributed by atoms with Gasteiger partial charge in [0, 0.05) is 57.9 Å². The molecule has 12 heteroatoms.